The zero-order valence-corrected chi connectivity index (χ0v) is 12.3. The van der Waals surface area contributed by atoms with E-state index in [0.29, 0.717) is 29.9 Å². The van der Waals surface area contributed by atoms with Crippen molar-refractivity contribution in [2.45, 2.75) is 6.54 Å². The highest BCUT2D eigenvalue weighted by atomic mass is 19.1. The second-order valence-corrected chi connectivity index (χ2v) is 5.04. The van der Waals surface area contributed by atoms with Gasteiger partial charge < -0.3 is 9.73 Å². The first-order valence-corrected chi connectivity index (χ1v) is 7.14. The van der Waals surface area contributed by atoms with E-state index in [2.05, 4.69) is 30.8 Å². The number of hydrogen-bond acceptors (Lipinski definition) is 6. The van der Waals surface area contributed by atoms with Gasteiger partial charge in [-0.2, -0.15) is 4.98 Å². The van der Waals surface area contributed by atoms with Gasteiger partial charge in [0.2, 0.25) is 5.95 Å². The van der Waals surface area contributed by atoms with Crippen LogP contribution in [0.5, 0.6) is 0 Å². The average Bonchev–Trinajstić information content (AvgIpc) is 3.32. The third kappa shape index (κ3) is 3.00. The minimum absolute atomic E-state index is 0.267. The molecule has 120 valence electrons. The molecule has 0 saturated heterocycles. The monoisotopic (exact) mass is 325 g/mol. The summed E-state index contributed by atoms with van der Waals surface area (Å²) < 4.78 is 19.8. The Kier molecular flexibility index (Phi) is 3.50. The van der Waals surface area contributed by atoms with Gasteiger partial charge in [-0.1, -0.05) is 17.3 Å². The predicted molar refractivity (Wildman–Crippen MR) is 82.9 cm³/mol. The van der Waals surface area contributed by atoms with Gasteiger partial charge in [0.15, 0.2) is 17.4 Å². The molecule has 0 bridgehead atoms. The molecule has 0 amide bonds. The summed E-state index contributed by atoms with van der Waals surface area (Å²) >= 11 is 0. The first-order chi connectivity index (χ1) is 11.8. The third-order valence-corrected chi connectivity index (χ3v) is 3.28. The quantitative estimate of drug-likeness (QED) is 0.585. The third-order valence-electron chi connectivity index (χ3n) is 3.28. The Balaban J connectivity index is 1.44. The number of rotatable bonds is 5. The lowest BCUT2D eigenvalue weighted by Crippen LogP contribution is -2.00. The Labute approximate surface area is 135 Å². The van der Waals surface area contributed by atoms with Crippen molar-refractivity contribution in [3.63, 3.8) is 0 Å². The first kappa shape index (κ1) is 14.1. The zero-order valence-electron chi connectivity index (χ0n) is 12.3. The highest BCUT2D eigenvalue weighted by Crippen LogP contribution is 2.17. The standard InChI is InChI=1S/C15H12FN7O/c16-11-5-3-10(4-6-11)8-23-9-13(19-22-23)17-15-18-14(20-21-15)12-2-1-7-24-12/h1-7,9H,8H2,(H2,17,18,20,21). The van der Waals surface area contributed by atoms with Crippen molar-refractivity contribution >= 4 is 11.8 Å². The lowest BCUT2D eigenvalue weighted by molar-refractivity contribution is 0.577. The Morgan fingerprint density at radius 2 is 2.08 bits per heavy atom. The second-order valence-electron chi connectivity index (χ2n) is 5.04. The number of nitrogens with one attached hydrogen (secondary N) is 2. The Bertz CT molecular complexity index is 927. The molecule has 4 rings (SSSR count). The molecule has 24 heavy (non-hydrogen) atoms. The minimum atomic E-state index is -0.267. The predicted octanol–water partition coefficient (Wildman–Crippen LogP) is 2.59. The molecule has 0 aliphatic carbocycles. The molecule has 0 saturated carbocycles. The molecular formula is C15H12FN7O. The van der Waals surface area contributed by atoms with Gasteiger partial charge in [0.1, 0.15) is 5.82 Å². The summed E-state index contributed by atoms with van der Waals surface area (Å²) in [6.45, 7) is 0.487. The normalized spacial score (nSPS) is 10.9. The van der Waals surface area contributed by atoms with Crippen molar-refractivity contribution in [1.82, 2.24) is 30.2 Å². The van der Waals surface area contributed by atoms with Crippen LogP contribution in [0.4, 0.5) is 16.2 Å². The van der Waals surface area contributed by atoms with Gasteiger partial charge in [0.25, 0.3) is 0 Å². The minimum Gasteiger partial charge on any atom is -0.461 e. The fourth-order valence-corrected chi connectivity index (χ4v) is 2.17. The number of hydrogen-bond donors (Lipinski definition) is 2. The van der Waals surface area contributed by atoms with Crippen LogP contribution in [0, 0.1) is 5.82 Å². The SMILES string of the molecule is Fc1ccc(Cn2cc(Nc3n[nH]c(-c4ccco4)n3)nn2)cc1. The van der Waals surface area contributed by atoms with Crippen LogP contribution in [0.2, 0.25) is 0 Å². The summed E-state index contributed by atoms with van der Waals surface area (Å²) in [5, 5.41) is 17.8. The molecule has 0 fully saturated rings. The van der Waals surface area contributed by atoms with E-state index in [-0.39, 0.29) is 5.82 Å². The van der Waals surface area contributed by atoms with Crippen LogP contribution in [0.15, 0.2) is 53.3 Å². The fourth-order valence-electron chi connectivity index (χ4n) is 2.17. The lowest BCUT2D eigenvalue weighted by atomic mass is 10.2. The largest absolute Gasteiger partial charge is 0.461 e. The van der Waals surface area contributed by atoms with E-state index in [9.17, 15) is 4.39 Å². The Hall–Kier alpha value is -3.49. The molecule has 0 aliphatic heterocycles. The van der Waals surface area contributed by atoms with Crippen molar-refractivity contribution in [3.8, 4) is 11.6 Å². The van der Waals surface area contributed by atoms with Crippen molar-refractivity contribution in [3.05, 3.63) is 60.2 Å². The fraction of sp³-hybridized carbons (Fsp3) is 0.0667. The van der Waals surface area contributed by atoms with Crippen LogP contribution in [-0.4, -0.2) is 30.2 Å². The van der Waals surface area contributed by atoms with E-state index in [0.717, 1.165) is 5.56 Å². The molecule has 0 atom stereocenters. The van der Waals surface area contributed by atoms with Gasteiger partial charge in [-0.3, -0.25) is 5.10 Å². The molecule has 4 aromatic rings. The van der Waals surface area contributed by atoms with Crippen molar-refractivity contribution in [1.29, 1.82) is 0 Å². The van der Waals surface area contributed by atoms with Gasteiger partial charge in [-0.05, 0) is 29.8 Å². The molecule has 3 aromatic heterocycles. The number of aromatic amines is 1. The molecule has 0 unspecified atom stereocenters. The molecule has 2 N–H and O–H groups in total. The van der Waals surface area contributed by atoms with E-state index in [1.54, 1.807) is 41.4 Å². The van der Waals surface area contributed by atoms with Crippen molar-refractivity contribution in [2.24, 2.45) is 0 Å². The van der Waals surface area contributed by atoms with E-state index in [1.807, 2.05) is 0 Å². The van der Waals surface area contributed by atoms with Crippen LogP contribution in [0.25, 0.3) is 11.6 Å². The molecule has 9 heteroatoms. The van der Waals surface area contributed by atoms with Gasteiger partial charge in [-0.25, -0.2) is 9.07 Å². The van der Waals surface area contributed by atoms with Gasteiger partial charge in [-0.15, -0.1) is 10.2 Å². The first-order valence-electron chi connectivity index (χ1n) is 7.14. The number of benzene rings is 1. The van der Waals surface area contributed by atoms with E-state index in [4.69, 9.17) is 4.42 Å². The number of halogens is 1. The number of nitrogens with zero attached hydrogens (tertiary/aromatic N) is 5. The summed E-state index contributed by atoms with van der Waals surface area (Å²) in [7, 11) is 0. The summed E-state index contributed by atoms with van der Waals surface area (Å²) in [6.07, 6.45) is 3.28. The molecule has 0 aliphatic rings. The van der Waals surface area contributed by atoms with E-state index >= 15 is 0 Å². The highest BCUT2D eigenvalue weighted by molar-refractivity contribution is 5.52. The van der Waals surface area contributed by atoms with Gasteiger partial charge >= 0.3 is 0 Å². The highest BCUT2D eigenvalue weighted by Gasteiger charge is 2.09. The number of aromatic nitrogens is 6. The Morgan fingerprint density at radius 1 is 1.21 bits per heavy atom. The van der Waals surface area contributed by atoms with Gasteiger partial charge in [0, 0.05) is 0 Å². The smallest absolute Gasteiger partial charge is 0.248 e. The van der Waals surface area contributed by atoms with Gasteiger partial charge in [0.05, 0.1) is 19.0 Å². The van der Waals surface area contributed by atoms with E-state index < -0.39 is 0 Å². The van der Waals surface area contributed by atoms with Crippen LogP contribution >= 0.6 is 0 Å². The number of anilines is 2. The lowest BCUT2D eigenvalue weighted by Gasteiger charge is -2.00. The topological polar surface area (TPSA) is 97.5 Å². The number of furan rings is 1. The zero-order chi connectivity index (χ0) is 16.4. The van der Waals surface area contributed by atoms with E-state index in [1.165, 1.54) is 12.1 Å². The van der Waals surface area contributed by atoms with Crippen LogP contribution in [-0.2, 0) is 6.54 Å². The summed E-state index contributed by atoms with van der Waals surface area (Å²) in [6, 6.07) is 9.78. The summed E-state index contributed by atoms with van der Waals surface area (Å²) in [4.78, 5) is 4.26. The molecular weight excluding hydrogens is 313 g/mol. The maximum absolute atomic E-state index is 12.9. The van der Waals surface area contributed by atoms with Crippen LogP contribution < -0.4 is 5.32 Å². The number of H-pyrrole nitrogens is 1. The van der Waals surface area contributed by atoms with Crippen LogP contribution in [0.3, 0.4) is 0 Å². The molecule has 0 radical (unpaired) electrons. The molecule has 3 heterocycles. The van der Waals surface area contributed by atoms with Crippen molar-refractivity contribution < 1.29 is 8.81 Å². The molecule has 1 aromatic carbocycles. The summed E-state index contributed by atoms with van der Waals surface area (Å²) in [5.41, 5.74) is 0.922. The molecule has 0 spiro atoms. The molecule has 8 nitrogen and oxygen atoms in total. The summed E-state index contributed by atoms with van der Waals surface area (Å²) in [5.74, 6) is 1.70. The maximum Gasteiger partial charge on any atom is 0.248 e. The average molecular weight is 325 g/mol. The Morgan fingerprint density at radius 3 is 2.88 bits per heavy atom. The van der Waals surface area contributed by atoms with Crippen molar-refractivity contribution in [2.75, 3.05) is 5.32 Å². The second kappa shape index (κ2) is 5.95. The van der Waals surface area contributed by atoms with Crippen LogP contribution in [0.1, 0.15) is 5.56 Å². The maximum atomic E-state index is 12.9.